The van der Waals surface area contributed by atoms with Crippen LogP contribution in [-0.4, -0.2) is 7.05 Å². The first-order chi connectivity index (χ1) is 7.72. The zero-order valence-electron chi connectivity index (χ0n) is 10.1. The molecule has 3 heteroatoms. The molecule has 1 atom stereocenters. The van der Waals surface area contributed by atoms with Gasteiger partial charge in [-0.05, 0) is 54.7 Å². The van der Waals surface area contributed by atoms with E-state index in [9.17, 15) is 0 Å². The summed E-state index contributed by atoms with van der Waals surface area (Å²) < 4.78 is 1.29. The molecule has 0 aliphatic heterocycles. The Morgan fingerprint density at radius 1 is 1.38 bits per heavy atom. The van der Waals surface area contributed by atoms with Gasteiger partial charge < -0.3 is 5.32 Å². The van der Waals surface area contributed by atoms with Crippen molar-refractivity contribution in [2.75, 3.05) is 7.05 Å². The van der Waals surface area contributed by atoms with E-state index >= 15 is 0 Å². The number of nitrogens with one attached hydrogen (secondary N) is 1. The van der Waals surface area contributed by atoms with Gasteiger partial charge in [0.1, 0.15) is 0 Å². The molecule has 1 nitrogen and oxygen atoms in total. The van der Waals surface area contributed by atoms with E-state index in [4.69, 9.17) is 0 Å². The fraction of sp³-hybridized carbons (Fsp3) is 0.692. The number of halogens is 1. The Morgan fingerprint density at radius 2 is 2.06 bits per heavy atom. The predicted octanol–water partition coefficient (Wildman–Crippen LogP) is 4.66. The van der Waals surface area contributed by atoms with Gasteiger partial charge in [-0.15, -0.1) is 11.3 Å². The first-order valence-electron chi connectivity index (χ1n) is 6.15. The third-order valence-electron chi connectivity index (χ3n) is 3.55. The Hall–Kier alpha value is 0.140. The summed E-state index contributed by atoms with van der Waals surface area (Å²) in [6.07, 6.45) is 7.01. The lowest BCUT2D eigenvalue weighted by Crippen LogP contribution is -2.26. The minimum absolute atomic E-state index is 0.549. The van der Waals surface area contributed by atoms with Crippen LogP contribution in [0.5, 0.6) is 0 Å². The minimum atomic E-state index is 0.549. The van der Waals surface area contributed by atoms with E-state index in [0.717, 1.165) is 5.92 Å². The Balaban J connectivity index is 2.17. The van der Waals surface area contributed by atoms with Crippen LogP contribution in [0.4, 0.5) is 0 Å². The van der Waals surface area contributed by atoms with Gasteiger partial charge in [-0.3, -0.25) is 0 Å². The van der Waals surface area contributed by atoms with E-state index in [2.05, 4.69) is 41.3 Å². The highest BCUT2D eigenvalue weighted by Gasteiger charge is 2.26. The quantitative estimate of drug-likeness (QED) is 0.856. The van der Waals surface area contributed by atoms with E-state index < -0.39 is 0 Å². The molecule has 1 unspecified atom stereocenters. The van der Waals surface area contributed by atoms with Crippen molar-refractivity contribution in [3.8, 4) is 0 Å². The first-order valence-corrected chi connectivity index (χ1v) is 7.76. The van der Waals surface area contributed by atoms with Gasteiger partial charge in [0.25, 0.3) is 0 Å². The maximum absolute atomic E-state index is 3.70. The third kappa shape index (κ3) is 2.69. The second kappa shape index (κ2) is 5.65. The van der Waals surface area contributed by atoms with E-state index in [-0.39, 0.29) is 0 Å². The average Bonchev–Trinajstić information content (AvgIpc) is 2.61. The molecule has 1 aromatic heterocycles. The van der Waals surface area contributed by atoms with Crippen molar-refractivity contribution in [1.29, 1.82) is 0 Å². The zero-order valence-corrected chi connectivity index (χ0v) is 12.5. The molecule has 1 aliphatic rings. The predicted molar refractivity (Wildman–Crippen MR) is 75.1 cm³/mol. The number of hydrogen-bond acceptors (Lipinski definition) is 2. The van der Waals surface area contributed by atoms with Crippen molar-refractivity contribution in [3.05, 3.63) is 20.3 Å². The van der Waals surface area contributed by atoms with Crippen LogP contribution in [0.2, 0.25) is 0 Å². The SMILES string of the molecule is CNC(c1sc(C)cc1Br)C1CCCCC1. The standard InChI is InChI=1S/C13H20BrNS/c1-9-8-11(14)13(16-9)12(15-2)10-6-4-3-5-7-10/h8,10,12,15H,3-7H2,1-2H3. The molecule has 1 aromatic rings. The molecule has 0 bridgehead atoms. The van der Waals surface area contributed by atoms with Gasteiger partial charge in [-0.25, -0.2) is 0 Å². The van der Waals surface area contributed by atoms with Crippen molar-refractivity contribution >= 4 is 27.3 Å². The number of rotatable bonds is 3. The lowest BCUT2D eigenvalue weighted by molar-refractivity contribution is 0.284. The molecule has 1 heterocycles. The molecular weight excluding hydrogens is 282 g/mol. The van der Waals surface area contributed by atoms with Gasteiger partial charge in [0.05, 0.1) is 0 Å². The average molecular weight is 302 g/mol. The summed E-state index contributed by atoms with van der Waals surface area (Å²) in [5.74, 6) is 0.827. The normalized spacial score (nSPS) is 19.9. The summed E-state index contributed by atoms with van der Waals surface area (Å²) in [6.45, 7) is 2.19. The van der Waals surface area contributed by atoms with Gasteiger partial charge >= 0.3 is 0 Å². The molecule has 0 amide bonds. The summed E-state index contributed by atoms with van der Waals surface area (Å²) >= 11 is 5.63. The van der Waals surface area contributed by atoms with Gasteiger partial charge in [0.15, 0.2) is 0 Å². The molecule has 0 radical (unpaired) electrons. The second-order valence-electron chi connectivity index (χ2n) is 4.73. The number of hydrogen-bond donors (Lipinski definition) is 1. The van der Waals surface area contributed by atoms with Crippen LogP contribution in [0.15, 0.2) is 10.5 Å². The van der Waals surface area contributed by atoms with Crippen molar-refractivity contribution in [2.24, 2.45) is 5.92 Å². The van der Waals surface area contributed by atoms with E-state index in [1.54, 1.807) is 0 Å². The number of thiophene rings is 1. The van der Waals surface area contributed by atoms with Gasteiger partial charge in [0.2, 0.25) is 0 Å². The first kappa shape index (κ1) is 12.6. The molecule has 16 heavy (non-hydrogen) atoms. The molecule has 1 aliphatic carbocycles. The molecule has 0 aromatic carbocycles. The van der Waals surface area contributed by atoms with Crippen LogP contribution >= 0.6 is 27.3 Å². The lowest BCUT2D eigenvalue weighted by Gasteiger charge is -2.29. The van der Waals surface area contributed by atoms with Crippen molar-refractivity contribution in [1.82, 2.24) is 5.32 Å². The molecular formula is C13H20BrNS. The van der Waals surface area contributed by atoms with Crippen LogP contribution < -0.4 is 5.32 Å². The molecule has 2 rings (SSSR count). The molecule has 1 saturated carbocycles. The highest BCUT2D eigenvalue weighted by Crippen LogP contribution is 2.40. The van der Waals surface area contributed by atoms with Crippen LogP contribution in [0, 0.1) is 12.8 Å². The summed E-state index contributed by atoms with van der Waals surface area (Å²) in [5, 5.41) is 3.52. The lowest BCUT2D eigenvalue weighted by atomic mass is 9.83. The second-order valence-corrected chi connectivity index (χ2v) is 6.88. The van der Waals surface area contributed by atoms with Crippen molar-refractivity contribution in [3.63, 3.8) is 0 Å². The summed E-state index contributed by atoms with van der Waals surface area (Å²) in [6, 6.07) is 2.79. The van der Waals surface area contributed by atoms with E-state index in [0.29, 0.717) is 6.04 Å². The fourth-order valence-electron chi connectivity index (χ4n) is 2.76. The third-order valence-corrected chi connectivity index (χ3v) is 5.60. The van der Waals surface area contributed by atoms with E-state index in [1.165, 1.54) is 46.3 Å². The van der Waals surface area contributed by atoms with Crippen LogP contribution in [0.3, 0.4) is 0 Å². The smallest absolute Gasteiger partial charge is 0.0452 e. The number of aryl methyl sites for hydroxylation is 1. The molecule has 1 fully saturated rings. The Labute approximate surface area is 111 Å². The van der Waals surface area contributed by atoms with Crippen molar-refractivity contribution in [2.45, 2.75) is 45.1 Å². The van der Waals surface area contributed by atoms with Crippen LogP contribution in [0.1, 0.15) is 47.9 Å². The Bertz CT molecular complexity index is 342. The molecule has 90 valence electrons. The van der Waals surface area contributed by atoms with Gasteiger partial charge in [-0.2, -0.15) is 0 Å². The maximum atomic E-state index is 3.70. The summed E-state index contributed by atoms with van der Waals surface area (Å²) in [7, 11) is 2.10. The fourth-order valence-corrected chi connectivity index (χ4v) is 4.86. The van der Waals surface area contributed by atoms with E-state index in [1.807, 2.05) is 11.3 Å². The van der Waals surface area contributed by atoms with Crippen molar-refractivity contribution < 1.29 is 0 Å². The highest BCUT2D eigenvalue weighted by atomic mass is 79.9. The van der Waals surface area contributed by atoms with Gasteiger partial charge in [-0.1, -0.05) is 19.3 Å². The molecule has 0 spiro atoms. The maximum Gasteiger partial charge on any atom is 0.0452 e. The van der Waals surface area contributed by atoms with Crippen LogP contribution in [0.25, 0.3) is 0 Å². The monoisotopic (exact) mass is 301 g/mol. The summed E-state index contributed by atoms with van der Waals surface area (Å²) in [4.78, 5) is 2.89. The zero-order chi connectivity index (χ0) is 11.5. The van der Waals surface area contributed by atoms with Crippen LogP contribution in [-0.2, 0) is 0 Å². The molecule has 1 N–H and O–H groups in total. The summed E-state index contributed by atoms with van der Waals surface area (Å²) in [5.41, 5.74) is 0. The molecule has 0 saturated heterocycles. The van der Waals surface area contributed by atoms with Gasteiger partial charge in [0, 0.05) is 20.3 Å². The highest BCUT2D eigenvalue weighted by molar-refractivity contribution is 9.10. The Kier molecular flexibility index (Phi) is 4.45. The topological polar surface area (TPSA) is 12.0 Å². The Morgan fingerprint density at radius 3 is 2.56 bits per heavy atom. The largest absolute Gasteiger partial charge is 0.312 e. The minimum Gasteiger partial charge on any atom is -0.312 e.